The molecule has 1 unspecified atom stereocenters. The van der Waals surface area contributed by atoms with Gasteiger partial charge in [-0.15, -0.1) is 22.0 Å². The van der Waals surface area contributed by atoms with Crippen molar-refractivity contribution in [2.24, 2.45) is 0 Å². The number of hydrogen-bond acceptors (Lipinski definition) is 7. The zero-order chi connectivity index (χ0) is 12.4. The first-order valence-corrected chi connectivity index (χ1v) is 7.54. The Bertz CT molecular complexity index is 517. The summed E-state index contributed by atoms with van der Waals surface area (Å²) in [5, 5.41) is 19.0. The van der Waals surface area contributed by atoms with Crippen LogP contribution in [0.2, 0.25) is 0 Å². The molecule has 2 N–H and O–H groups in total. The van der Waals surface area contributed by atoms with Gasteiger partial charge in [-0.3, -0.25) is 10.1 Å². The number of amides is 1. The van der Waals surface area contributed by atoms with Crippen LogP contribution in [0.4, 0.5) is 0 Å². The summed E-state index contributed by atoms with van der Waals surface area (Å²) in [6.45, 7) is 0.603. The molecule has 1 aliphatic rings. The van der Waals surface area contributed by atoms with Crippen LogP contribution >= 0.6 is 23.1 Å². The summed E-state index contributed by atoms with van der Waals surface area (Å²) in [6.07, 6.45) is 2.30. The second-order valence-electron chi connectivity index (χ2n) is 3.87. The van der Waals surface area contributed by atoms with Crippen LogP contribution in [0.1, 0.15) is 5.01 Å². The molecule has 0 saturated carbocycles. The van der Waals surface area contributed by atoms with Crippen molar-refractivity contribution in [2.45, 2.75) is 12.5 Å². The second-order valence-corrected chi connectivity index (χ2v) is 5.94. The summed E-state index contributed by atoms with van der Waals surface area (Å²) in [7, 11) is 0. The van der Waals surface area contributed by atoms with Crippen molar-refractivity contribution in [3.8, 4) is 0 Å². The summed E-state index contributed by atoms with van der Waals surface area (Å²) in [4.78, 5) is 12.5. The predicted octanol–water partition coefficient (Wildman–Crippen LogP) is -0.493. The maximum Gasteiger partial charge on any atom is 0.238 e. The van der Waals surface area contributed by atoms with E-state index in [1.807, 2.05) is 0 Å². The van der Waals surface area contributed by atoms with Crippen molar-refractivity contribution in [1.29, 1.82) is 0 Å². The predicted molar refractivity (Wildman–Crippen MR) is 69.6 cm³/mol. The molecule has 0 radical (unpaired) electrons. The molecule has 3 heterocycles. The molecule has 0 bridgehead atoms. The van der Waals surface area contributed by atoms with Gasteiger partial charge in [-0.25, -0.2) is 0 Å². The molecule has 1 atom stereocenters. The third kappa shape index (κ3) is 2.47. The Morgan fingerprint density at radius 2 is 2.61 bits per heavy atom. The lowest BCUT2D eigenvalue weighted by molar-refractivity contribution is -0.122. The van der Waals surface area contributed by atoms with Gasteiger partial charge >= 0.3 is 0 Å². The number of carbonyl (C=O) groups excluding carboxylic acids is 1. The highest BCUT2D eigenvalue weighted by Gasteiger charge is 2.21. The van der Waals surface area contributed by atoms with Crippen LogP contribution in [0.3, 0.4) is 0 Å². The van der Waals surface area contributed by atoms with E-state index in [-0.39, 0.29) is 11.9 Å². The fourth-order valence-corrected chi connectivity index (χ4v) is 3.44. The lowest BCUT2D eigenvalue weighted by atomic mass is 10.3. The molecule has 2 aromatic rings. The summed E-state index contributed by atoms with van der Waals surface area (Å²) in [6, 6.07) is -0.0483. The lowest BCUT2D eigenvalue weighted by Gasteiger charge is -2.09. The Balaban J connectivity index is 1.49. The van der Waals surface area contributed by atoms with Crippen molar-refractivity contribution in [3.63, 3.8) is 0 Å². The number of carbonyl (C=O) groups is 1. The molecule has 1 aliphatic heterocycles. The van der Waals surface area contributed by atoms with Gasteiger partial charge in [-0.2, -0.15) is 9.61 Å². The summed E-state index contributed by atoms with van der Waals surface area (Å²) in [5.41, 5.74) is 0. The van der Waals surface area contributed by atoms with Gasteiger partial charge in [0, 0.05) is 24.6 Å². The van der Waals surface area contributed by atoms with Crippen molar-refractivity contribution in [3.05, 3.63) is 11.3 Å². The normalized spacial score (nSPS) is 19.4. The quantitative estimate of drug-likeness (QED) is 0.788. The van der Waals surface area contributed by atoms with Crippen LogP contribution in [-0.2, 0) is 11.2 Å². The Morgan fingerprint density at radius 3 is 3.39 bits per heavy atom. The highest BCUT2D eigenvalue weighted by Crippen LogP contribution is 2.12. The number of thioether (sulfide) groups is 1. The number of fused-ring (bicyclic) bond motifs is 1. The molecular formula is C9H12N6OS2. The average Bonchev–Trinajstić information content (AvgIpc) is 3.05. The van der Waals surface area contributed by atoms with Crippen LogP contribution in [0.25, 0.3) is 4.96 Å². The number of aromatic nitrogens is 4. The zero-order valence-corrected chi connectivity index (χ0v) is 11.1. The maximum atomic E-state index is 11.7. The molecule has 3 rings (SSSR count). The van der Waals surface area contributed by atoms with Crippen molar-refractivity contribution >= 4 is 34.0 Å². The van der Waals surface area contributed by atoms with Crippen LogP contribution in [0.15, 0.2) is 6.33 Å². The molecule has 1 saturated heterocycles. The molecule has 0 spiro atoms. The number of hydrogen-bond donors (Lipinski definition) is 2. The number of nitrogens with one attached hydrogen (secondary N) is 2. The minimum absolute atomic E-state index is 0.0483. The molecular weight excluding hydrogens is 272 g/mol. The first-order chi connectivity index (χ1) is 8.83. The molecule has 9 heteroatoms. The van der Waals surface area contributed by atoms with E-state index in [1.54, 1.807) is 22.6 Å². The molecule has 1 amide bonds. The Kier molecular flexibility index (Phi) is 3.43. The third-order valence-corrected chi connectivity index (χ3v) is 4.51. The van der Waals surface area contributed by atoms with E-state index >= 15 is 0 Å². The fraction of sp³-hybridized carbons (Fsp3) is 0.556. The highest BCUT2D eigenvalue weighted by atomic mass is 32.2. The smallest absolute Gasteiger partial charge is 0.238 e. The number of rotatable bonds is 4. The monoisotopic (exact) mass is 284 g/mol. The lowest BCUT2D eigenvalue weighted by Crippen LogP contribution is -2.42. The number of nitrogens with zero attached hydrogens (tertiary/aromatic N) is 4. The van der Waals surface area contributed by atoms with E-state index in [0.29, 0.717) is 6.54 Å². The Hall–Kier alpha value is -1.19. The molecule has 96 valence electrons. The van der Waals surface area contributed by atoms with Crippen LogP contribution in [-0.4, -0.2) is 49.9 Å². The van der Waals surface area contributed by atoms with Gasteiger partial charge in [0.05, 0.1) is 6.04 Å². The molecule has 1 fully saturated rings. The standard InChI is InChI=1S/C9H12N6OS2/c16-8(6-3-17-5-11-6)10-2-1-7-14-15-4-12-13-9(15)18-7/h4,6,11H,1-3,5H2,(H,10,16). The minimum Gasteiger partial charge on any atom is -0.354 e. The molecule has 18 heavy (non-hydrogen) atoms. The van der Waals surface area contributed by atoms with Gasteiger partial charge in [0.25, 0.3) is 0 Å². The summed E-state index contributed by atoms with van der Waals surface area (Å²) < 4.78 is 1.65. The molecule has 7 nitrogen and oxygen atoms in total. The second kappa shape index (κ2) is 5.21. The van der Waals surface area contributed by atoms with Crippen LogP contribution in [0.5, 0.6) is 0 Å². The minimum atomic E-state index is -0.0483. The topological polar surface area (TPSA) is 84.2 Å². The zero-order valence-electron chi connectivity index (χ0n) is 9.50. The van der Waals surface area contributed by atoms with Gasteiger partial charge in [0.2, 0.25) is 10.9 Å². The van der Waals surface area contributed by atoms with E-state index in [4.69, 9.17) is 0 Å². The average molecular weight is 284 g/mol. The van der Waals surface area contributed by atoms with E-state index in [0.717, 1.165) is 28.0 Å². The summed E-state index contributed by atoms with van der Waals surface area (Å²) in [5.74, 6) is 1.78. The van der Waals surface area contributed by atoms with Gasteiger partial charge in [0.1, 0.15) is 11.3 Å². The first-order valence-electron chi connectivity index (χ1n) is 5.57. The molecule has 2 aromatic heterocycles. The fourth-order valence-electron chi connectivity index (χ4n) is 1.68. The van der Waals surface area contributed by atoms with Gasteiger partial charge in [-0.05, 0) is 0 Å². The third-order valence-electron chi connectivity index (χ3n) is 2.60. The first kappa shape index (κ1) is 11.9. The van der Waals surface area contributed by atoms with E-state index in [1.165, 1.54) is 11.3 Å². The molecule has 0 aliphatic carbocycles. The van der Waals surface area contributed by atoms with E-state index < -0.39 is 0 Å². The SMILES string of the molecule is O=C(NCCc1nn2cnnc2s1)C1CSCN1. The van der Waals surface area contributed by atoms with Crippen LogP contribution < -0.4 is 10.6 Å². The van der Waals surface area contributed by atoms with Crippen molar-refractivity contribution in [1.82, 2.24) is 30.4 Å². The van der Waals surface area contributed by atoms with Crippen LogP contribution in [0, 0.1) is 0 Å². The van der Waals surface area contributed by atoms with Gasteiger partial charge in [0.15, 0.2) is 0 Å². The van der Waals surface area contributed by atoms with Crippen molar-refractivity contribution < 1.29 is 4.79 Å². The van der Waals surface area contributed by atoms with Gasteiger partial charge < -0.3 is 5.32 Å². The Morgan fingerprint density at radius 1 is 1.67 bits per heavy atom. The Labute approximate surface area is 111 Å². The largest absolute Gasteiger partial charge is 0.354 e. The van der Waals surface area contributed by atoms with E-state index in [9.17, 15) is 4.79 Å². The van der Waals surface area contributed by atoms with E-state index in [2.05, 4.69) is 25.9 Å². The van der Waals surface area contributed by atoms with Gasteiger partial charge in [-0.1, -0.05) is 11.3 Å². The highest BCUT2D eigenvalue weighted by molar-refractivity contribution is 7.99. The molecule has 0 aromatic carbocycles. The maximum absolute atomic E-state index is 11.7. The summed E-state index contributed by atoms with van der Waals surface area (Å²) >= 11 is 3.24. The van der Waals surface area contributed by atoms with Crippen molar-refractivity contribution in [2.75, 3.05) is 18.2 Å².